The van der Waals surface area contributed by atoms with Gasteiger partial charge in [0.05, 0.1) is 0 Å². The third-order valence-corrected chi connectivity index (χ3v) is 4.84. The molecule has 1 aromatic rings. The Labute approximate surface area is 132 Å². The van der Waals surface area contributed by atoms with Crippen molar-refractivity contribution >= 4 is 0 Å². The Morgan fingerprint density at radius 3 is 2.05 bits per heavy atom. The minimum absolute atomic E-state index is 0.319. The Morgan fingerprint density at radius 2 is 1.48 bits per heavy atom. The van der Waals surface area contributed by atoms with Crippen molar-refractivity contribution in [2.24, 2.45) is 0 Å². The van der Waals surface area contributed by atoms with Gasteiger partial charge in [-0.1, -0.05) is 89.1 Å². The lowest BCUT2D eigenvalue weighted by atomic mass is 9.74. The third kappa shape index (κ3) is 6.22. The minimum atomic E-state index is 0.319. The first-order valence-corrected chi connectivity index (χ1v) is 8.99. The van der Waals surface area contributed by atoms with Gasteiger partial charge in [0.1, 0.15) is 0 Å². The van der Waals surface area contributed by atoms with Crippen LogP contribution in [0.1, 0.15) is 77.2 Å². The van der Waals surface area contributed by atoms with E-state index in [2.05, 4.69) is 56.5 Å². The van der Waals surface area contributed by atoms with E-state index in [0.29, 0.717) is 5.41 Å². The van der Waals surface area contributed by atoms with Crippen molar-refractivity contribution in [2.75, 3.05) is 13.6 Å². The highest BCUT2D eigenvalue weighted by molar-refractivity contribution is 5.25. The molecule has 0 aliphatic carbocycles. The van der Waals surface area contributed by atoms with E-state index < -0.39 is 0 Å². The van der Waals surface area contributed by atoms with E-state index in [0.717, 1.165) is 6.54 Å². The molecule has 0 aromatic heterocycles. The van der Waals surface area contributed by atoms with Crippen LogP contribution in [0.3, 0.4) is 0 Å². The number of likely N-dealkylation sites (N-methyl/N-ethyl adjacent to an activating group) is 1. The first-order chi connectivity index (χ1) is 10.3. The van der Waals surface area contributed by atoms with E-state index in [-0.39, 0.29) is 0 Å². The predicted molar refractivity (Wildman–Crippen MR) is 94.9 cm³/mol. The van der Waals surface area contributed by atoms with E-state index in [1.165, 1.54) is 63.4 Å². The summed E-state index contributed by atoms with van der Waals surface area (Å²) >= 11 is 0. The van der Waals surface area contributed by atoms with Crippen LogP contribution in [-0.4, -0.2) is 13.6 Å². The molecule has 1 unspecified atom stereocenters. The Morgan fingerprint density at radius 1 is 0.857 bits per heavy atom. The number of nitrogens with one attached hydrogen (secondary N) is 1. The fraction of sp³-hybridized carbons (Fsp3) is 0.700. The Kier molecular flexibility index (Phi) is 9.41. The van der Waals surface area contributed by atoms with E-state index in [1.807, 2.05) is 0 Å². The molecule has 1 aromatic carbocycles. The molecule has 0 radical (unpaired) electrons. The maximum Gasteiger partial charge on any atom is 0.00750 e. The lowest BCUT2D eigenvalue weighted by Gasteiger charge is -2.33. The van der Waals surface area contributed by atoms with Crippen LogP contribution in [-0.2, 0) is 5.41 Å². The fourth-order valence-corrected chi connectivity index (χ4v) is 3.39. The molecule has 0 aliphatic rings. The molecular formula is C20H35N. The molecule has 0 fully saturated rings. The van der Waals surface area contributed by atoms with E-state index >= 15 is 0 Å². The zero-order chi connectivity index (χ0) is 15.4. The monoisotopic (exact) mass is 289 g/mol. The zero-order valence-corrected chi connectivity index (χ0v) is 14.5. The van der Waals surface area contributed by atoms with Crippen molar-refractivity contribution in [1.82, 2.24) is 5.32 Å². The van der Waals surface area contributed by atoms with Crippen molar-refractivity contribution in [3.8, 4) is 0 Å². The first-order valence-electron chi connectivity index (χ1n) is 8.99. The van der Waals surface area contributed by atoms with E-state index in [9.17, 15) is 0 Å². The van der Waals surface area contributed by atoms with Gasteiger partial charge < -0.3 is 5.32 Å². The van der Waals surface area contributed by atoms with Gasteiger partial charge in [0.25, 0.3) is 0 Å². The number of hydrogen-bond donors (Lipinski definition) is 1. The summed E-state index contributed by atoms with van der Waals surface area (Å²) in [4.78, 5) is 0. The Bertz CT molecular complexity index is 346. The predicted octanol–water partition coefficient (Wildman–Crippen LogP) is 5.69. The second kappa shape index (κ2) is 10.8. The molecule has 1 nitrogen and oxygen atoms in total. The summed E-state index contributed by atoms with van der Waals surface area (Å²) in [5, 5.41) is 3.43. The lowest BCUT2D eigenvalue weighted by Crippen LogP contribution is -2.36. The van der Waals surface area contributed by atoms with Crippen LogP contribution >= 0.6 is 0 Å². The lowest BCUT2D eigenvalue weighted by molar-refractivity contribution is 0.348. The maximum atomic E-state index is 3.43. The van der Waals surface area contributed by atoms with Crippen LogP contribution in [0.2, 0.25) is 0 Å². The molecule has 1 heteroatoms. The van der Waals surface area contributed by atoms with Gasteiger partial charge in [0, 0.05) is 12.0 Å². The normalized spacial score (nSPS) is 14.0. The van der Waals surface area contributed by atoms with Gasteiger partial charge in [0.2, 0.25) is 0 Å². The summed E-state index contributed by atoms with van der Waals surface area (Å²) in [6, 6.07) is 11.1. The van der Waals surface area contributed by atoms with Crippen LogP contribution < -0.4 is 5.32 Å². The van der Waals surface area contributed by atoms with E-state index in [1.54, 1.807) is 0 Å². The molecule has 0 bridgehead atoms. The molecule has 120 valence electrons. The van der Waals surface area contributed by atoms with Gasteiger partial charge in [0.15, 0.2) is 0 Å². The molecule has 1 rings (SSSR count). The molecule has 21 heavy (non-hydrogen) atoms. The highest BCUT2D eigenvalue weighted by atomic mass is 14.8. The molecular weight excluding hydrogens is 254 g/mol. The Balaban J connectivity index is 2.47. The van der Waals surface area contributed by atoms with Crippen molar-refractivity contribution in [3.05, 3.63) is 35.9 Å². The van der Waals surface area contributed by atoms with Crippen molar-refractivity contribution in [1.29, 1.82) is 0 Å². The summed E-state index contributed by atoms with van der Waals surface area (Å²) in [7, 11) is 2.08. The van der Waals surface area contributed by atoms with Crippen LogP contribution in [0, 0.1) is 0 Å². The van der Waals surface area contributed by atoms with Gasteiger partial charge in [-0.3, -0.25) is 0 Å². The van der Waals surface area contributed by atoms with Crippen molar-refractivity contribution in [3.63, 3.8) is 0 Å². The second-order valence-corrected chi connectivity index (χ2v) is 6.40. The topological polar surface area (TPSA) is 12.0 Å². The third-order valence-electron chi connectivity index (χ3n) is 4.84. The highest BCUT2D eigenvalue weighted by Gasteiger charge is 2.28. The average molecular weight is 290 g/mol. The molecule has 0 spiro atoms. The van der Waals surface area contributed by atoms with E-state index in [4.69, 9.17) is 0 Å². The summed E-state index contributed by atoms with van der Waals surface area (Å²) in [5.74, 6) is 0. The van der Waals surface area contributed by atoms with Crippen LogP contribution in [0.5, 0.6) is 0 Å². The highest BCUT2D eigenvalue weighted by Crippen LogP contribution is 2.33. The standard InChI is InChI=1S/C20H35N/c1-4-6-7-8-9-10-14-17-20(5-2,18-21-3)19-15-12-11-13-16-19/h11-13,15-16,21H,4-10,14,17-18H2,1-3H3. The first kappa shape index (κ1) is 18.2. The SMILES string of the molecule is CCCCCCCCCC(CC)(CNC)c1ccccc1. The summed E-state index contributed by atoms with van der Waals surface area (Å²) < 4.78 is 0. The van der Waals surface area contributed by atoms with Gasteiger partial charge in [-0.15, -0.1) is 0 Å². The van der Waals surface area contributed by atoms with Gasteiger partial charge in [-0.2, -0.15) is 0 Å². The van der Waals surface area contributed by atoms with Crippen LogP contribution in [0.25, 0.3) is 0 Å². The van der Waals surface area contributed by atoms with Crippen molar-refractivity contribution < 1.29 is 0 Å². The van der Waals surface area contributed by atoms with Crippen LogP contribution in [0.15, 0.2) is 30.3 Å². The largest absolute Gasteiger partial charge is 0.319 e. The van der Waals surface area contributed by atoms with Crippen LogP contribution in [0.4, 0.5) is 0 Å². The van der Waals surface area contributed by atoms with Gasteiger partial charge in [-0.25, -0.2) is 0 Å². The molecule has 0 saturated heterocycles. The van der Waals surface area contributed by atoms with Gasteiger partial charge >= 0.3 is 0 Å². The second-order valence-electron chi connectivity index (χ2n) is 6.40. The average Bonchev–Trinajstić information content (AvgIpc) is 2.54. The molecule has 1 N–H and O–H groups in total. The molecule has 1 atom stereocenters. The number of hydrogen-bond acceptors (Lipinski definition) is 1. The summed E-state index contributed by atoms with van der Waals surface area (Å²) in [5.41, 5.74) is 1.83. The Hall–Kier alpha value is -0.820. The maximum absolute atomic E-state index is 3.43. The minimum Gasteiger partial charge on any atom is -0.319 e. The van der Waals surface area contributed by atoms with Gasteiger partial charge in [-0.05, 0) is 25.5 Å². The van der Waals surface area contributed by atoms with Crippen molar-refractivity contribution in [2.45, 2.75) is 77.0 Å². The quantitative estimate of drug-likeness (QED) is 0.487. The smallest absolute Gasteiger partial charge is 0.00750 e. The summed E-state index contributed by atoms with van der Waals surface area (Å²) in [6.07, 6.45) is 12.3. The molecule has 0 amide bonds. The summed E-state index contributed by atoms with van der Waals surface area (Å²) in [6.45, 7) is 5.71. The fourth-order valence-electron chi connectivity index (χ4n) is 3.39. The zero-order valence-electron chi connectivity index (χ0n) is 14.5. The number of unbranched alkanes of at least 4 members (excludes halogenated alkanes) is 6. The molecule has 0 aliphatic heterocycles. The molecule has 0 saturated carbocycles. The number of rotatable bonds is 12. The number of benzene rings is 1. The molecule has 0 heterocycles.